The number of hydrogen-bond donors (Lipinski definition) is 2. The number of likely N-dealkylation sites (tertiary alicyclic amines) is 1. The number of carbonyl (C=O) groups is 1. The van der Waals surface area contributed by atoms with Crippen molar-refractivity contribution in [2.45, 2.75) is 19.3 Å². The van der Waals surface area contributed by atoms with Crippen molar-refractivity contribution in [3.63, 3.8) is 0 Å². The highest BCUT2D eigenvalue weighted by Crippen LogP contribution is 2.07. The molecule has 1 amide bonds. The Morgan fingerprint density at radius 3 is 2.95 bits per heavy atom. The molecule has 1 aromatic heterocycles. The highest BCUT2D eigenvalue weighted by molar-refractivity contribution is 5.94. The summed E-state index contributed by atoms with van der Waals surface area (Å²) in [6.45, 7) is 4.23. The van der Waals surface area contributed by atoms with Crippen LogP contribution in [0.5, 0.6) is 0 Å². The lowest BCUT2D eigenvalue weighted by Crippen LogP contribution is -2.28. The number of pyridine rings is 1. The second-order valence-electron chi connectivity index (χ2n) is 4.84. The summed E-state index contributed by atoms with van der Waals surface area (Å²) in [4.78, 5) is 18.5. The molecule has 104 valence electrons. The minimum atomic E-state index is -0.0275. The Morgan fingerprint density at radius 1 is 1.42 bits per heavy atom. The summed E-state index contributed by atoms with van der Waals surface area (Å²) in [7, 11) is 1.79. The van der Waals surface area contributed by atoms with E-state index in [9.17, 15) is 4.79 Å². The van der Waals surface area contributed by atoms with E-state index in [1.807, 2.05) is 0 Å². The molecule has 1 fully saturated rings. The molecule has 0 saturated carbocycles. The molecule has 0 unspecified atom stereocenters. The van der Waals surface area contributed by atoms with Gasteiger partial charge in [0.15, 0.2) is 0 Å². The van der Waals surface area contributed by atoms with Crippen molar-refractivity contribution in [1.82, 2.24) is 15.2 Å². The maximum absolute atomic E-state index is 11.9. The molecule has 5 nitrogen and oxygen atoms in total. The van der Waals surface area contributed by atoms with Crippen LogP contribution < -0.4 is 10.6 Å². The first-order valence-corrected chi connectivity index (χ1v) is 6.94. The van der Waals surface area contributed by atoms with Crippen molar-refractivity contribution in [3.05, 3.63) is 23.9 Å². The molecule has 1 saturated heterocycles. The van der Waals surface area contributed by atoms with Gasteiger partial charge in [-0.25, -0.2) is 4.98 Å². The third-order valence-corrected chi connectivity index (χ3v) is 3.41. The van der Waals surface area contributed by atoms with Gasteiger partial charge in [0.05, 0.1) is 0 Å². The van der Waals surface area contributed by atoms with Gasteiger partial charge in [-0.2, -0.15) is 0 Å². The maximum atomic E-state index is 11.9. The predicted octanol–water partition coefficient (Wildman–Crippen LogP) is 1.34. The third-order valence-electron chi connectivity index (χ3n) is 3.41. The highest BCUT2D eigenvalue weighted by Gasteiger charge is 2.11. The smallest absolute Gasteiger partial charge is 0.251 e. The molecular weight excluding hydrogens is 240 g/mol. The van der Waals surface area contributed by atoms with Gasteiger partial charge in [0.25, 0.3) is 5.91 Å². The number of amides is 1. The van der Waals surface area contributed by atoms with Crippen LogP contribution in [0.4, 0.5) is 5.82 Å². The van der Waals surface area contributed by atoms with Crippen LogP contribution in [-0.2, 0) is 0 Å². The Hall–Kier alpha value is -1.62. The molecule has 0 bridgehead atoms. The van der Waals surface area contributed by atoms with E-state index in [0.717, 1.165) is 19.5 Å². The van der Waals surface area contributed by atoms with Crippen LogP contribution in [0.2, 0.25) is 0 Å². The lowest BCUT2D eigenvalue weighted by molar-refractivity contribution is 0.0952. The molecule has 2 rings (SSSR count). The molecule has 0 spiro atoms. The number of hydrogen-bond acceptors (Lipinski definition) is 4. The monoisotopic (exact) mass is 262 g/mol. The van der Waals surface area contributed by atoms with E-state index < -0.39 is 0 Å². The van der Waals surface area contributed by atoms with E-state index in [1.54, 1.807) is 25.4 Å². The van der Waals surface area contributed by atoms with Gasteiger partial charge in [-0.15, -0.1) is 0 Å². The normalized spacial score (nSPS) is 15.4. The first-order valence-electron chi connectivity index (χ1n) is 6.94. The van der Waals surface area contributed by atoms with E-state index in [2.05, 4.69) is 20.5 Å². The highest BCUT2D eigenvalue weighted by atomic mass is 16.1. The fraction of sp³-hybridized carbons (Fsp3) is 0.571. The van der Waals surface area contributed by atoms with Gasteiger partial charge in [0.1, 0.15) is 5.82 Å². The average Bonchev–Trinajstić information content (AvgIpc) is 2.96. The molecule has 1 aliphatic heterocycles. The Labute approximate surface area is 114 Å². The van der Waals surface area contributed by atoms with Crippen LogP contribution in [-0.4, -0.2) is 49.0 Å². The molecule has 0 atom stereocenters. The summed E-state index contributed by atoms with van der Waals surface area (Å²) in [5.41, 5.74) is 0.653. The lowest BCUT2D eigenvalue weighted by Gasteiger charge is -2.14. The van der Waals surface area contributed by atoms with Crippen molar-refractivity contribution in [3.8, 4) is 0 Å². The fourth-order valence-electron chi connectivity index (χ4n) is 2.32. The summed E-state index contributed by atoms with van der Waals surface area (Å²) in [6.07, 6.45) is 5.28. The van der Waals surface area contributed by atoms with Gasteiger partial charge < -0.3 is 15.5 Å². The number of carbonyl (C=O) groups excluding carboxylic acids is 1. The molecule has 2 heterocycles. The maximum Gasteiger partial charge on any atom is 0.251 e. The number of aromatic nitrogens is 1. The number of anilines is 1. The van der Waals surface area contributed by atoms with Crippen LogP contribution in [0.25, 0.3) is 0 Å². The molecule has 1 aliphatic rings. The second kappa shape index (κ2) is 7.09. The lowest BCUT2D eigenvalue weighted by atomic mass is 10.2. The Morgan fingerprint density at radius 2 is 2.21 bits per heavy atom. The zero-order chi connectivity index (χ0) is 13.5. The topological polar surface area (TPSA) is 57.3 Å². The van der Waals surface area contributed by atoms with Crippen LogP contribution in [0, 0.1) is 0 Å². The van der Waals surface area contributed by atoms with Crippen LogP contribution in [0.3, 0.4) is 0 Å². The summed E-state index contributed by atoms with van der Waals surface area (Å²) >= 11 is 0. The van der Waals surface area contributed by atoms with Gasteiger partial charge in [-0.05, 0) is 51.0 Å². The van der Waals surface area contributed by atoms with Crippen molar-refractivity contribution >= 4 is 11.7 Å². The zero-order valence-electron chi connectivity index (χ0n) is 11.5. The van der Waals surface area contributed by atoms with Gasteiger partial charge in [0.2, 0.25) is 0 Å². The third kappa shape index (κ3) is 4.21. The minimum Gasteiger partial charge on any atom is -0.373 e. The molecule has 5 heteroatoms. The standard InChI is InChI=1S/C14H22N4O/c1-15-13-11-12(5-7-16-13)14(19)17-6-4-10-18-8-2-3-9-18/h5,7,11H,2-4,6,8-10H2,1H3,(H,15,16)(H,17,19). The molecule has 2 N–H and O–H groups in total. The average molecular weight is 262 g/mol. The Bertz CT molecular complexity index is 416. The van der Waals surface area contributed by atoms with Crippen LogP contribution in [0.1, 0.15) is 29.6 Å². The van der Waals surface area contributed by atoms with Crippen LogP contribution in [0.15, 0.2) is 18.3 Å². The number of nitrogens with one attached hydrogen (secondary N) is 2. The largest absolute Gasteiger partial charge is 0.373 e. The minimum absolute atomic E-state index is 0.0275. The molecule has 1 aromatic rings. The second-order valence-corrected chi connectivity index (χ2v) is 4.84. The van der Waals surface area contributed by atoms with Crippen molar-refractivity contribution in [2.75, 3.05) is 38.5 Å². The van der Waals surface area contributed by atoms with Crippen LogP contribution >= 0.6 is 0 Å². The molecular formula is C14H22N4O. The van der Waals surface area contributed by atoms with E-state index in [4.69, 9.17) is 0 Å². The molecule has 0 radical (unpaired) electrons. The summed E-state index contributed by atoms with van der Waals surface area (Å²) in [5, 5.41) is 5.88. The first kappa shape index (κ1) is 13.8. The molecule has 0 aromatic carbocycles. The van der Waals surface area contributed by atoms with Gasteiger partial charge in [-0.3, -0.25) is 4.79 Å². The van der Waals surface area contributed by atoms with Gasteiger partial charge in [0, 0.05) is 25.4 Å². The van der Waals surface area contributed by atoms with E-state index in [-0.39, 0.29) is 5.91 Å². The van der Waals surface area contributed by atoms with Crippen molar-refractivity contribution < 1.29 is 4.79 Å². The SMILES string of the molecule is CNc1cc(C(=O)NCCCN2CCCC2)ccn1. The Balaban J connectivity index is 1.71. The zero-order valence-corrected chi connectivity index (χ0v) is 11.5. The molecule has 19 heavy (non-hydrogen) atoms. The fourth-order valence-corrected chi connectivity index (χ4v) is 2.32. The van der Waals surface area contributed by atoms with Gasteiger partial charge >= 0.3 is 0 Å². The number of rotatable bonds is 6. The van der Waals surface area contributed by atoms with E-state index in [0.29, 0.717) is 11.4 Å². The van der Waals surface area contributed by atoms with E-state index >= 15 is 0 Å². The van der Waals surface area contributed by atoms with E-state index in [1.165, 1.54) is 25.9 Å². The summed E-state index contributed by atoms with van der Waals surface area (Å²) in [6, 6.07) is 3.49. The van der Waals surface area contributed by atoms with Gasteiger partial charge in [-0.1, -0.05) is 0 Å². The van der Waals surface area contributed by atoms with Crippen molar-refractivity contribution in [1.29, 1.82) is 0 Å². The quantitative estimate of drug-likeness (QED) is 0.760. The summed E-state index contributed by atoms with van der Waals surface area (Å²) < 4.78 is 0. The molecule has 0 aliphatic carbocycles. The Kier molecular flexibility index (Phi) is 5.15. The van der Waals surface area contributed by atoms with Crippen molar-refractivity contribution in [2.24, 2.45) is 0 Å². The first-order chi connectivity index (χ1) is 9.29. The summed E-state index contributed by atoms with van der Waals surface area (Å²) in [5.74, 6) is 0.685. The number of nitrogens with zero attached hydrogens (tertiary/aromatic N) is 2. The predicted molar refractivity (Wildman–Crippen MR) is 76.4 cm³/mol.